The van der Waals surface area contributed by atoms with Gasteiger partial charge in [-0.1, -0.05) is 44.2 Å². The average molecular weight is 857 g/mol. The summed E-state index contributed by atoms with van der Waals surface area (Å²) in [6.45, 7) is 20.0. The molecule has 2 aliphatic rings. The maximum absolute atomic E-state index is 11.8. The van der Waals surface area contributed by atoms with Gasteiger partial charge in [-0.2, -0.15) is 9.97 Å². The quantitative estimate of drug-likeness (QED) is 0.0216. The Morgan fingerprint density at radius 3 is 2.26 bits per heavy atom. The number of nitro groups is 1. The molecule has 3 aromatic carbocycles. The van der Waals surface area contributed by atoms with Crippen molar-refractivity contribution in [2.24, 2.45) is 0 Å². The number of benzene rings is 3. The minimum Gasteiger partial charge on any atom is -0.495 e. The third-order valence-corrected chi connectivity index (χ3v) is 9.55. The number of nitrogens with one attached hydrogen (secondary N) is 1. The van der Waals surface area contributed by atoms with E-state index in [0.717, 1.165) is 79.9 Å². The largest absolute Gasteiger partial charge is 0.513 e. The zero-order chi connectivity index (χ0) is 45.1. The molecule has 0 amide bonds. The topological polar surface area (TPSA) is 192 Å². The number of nitro benzene ring substituents is 1. The highest BCUT2D eigenvalue weighted by Crippen LogP contribution is 2.35. The molecule has 7 rings (SSSR count). The number of aryl methyl sites for hydroxylation is 1. The van der Waals surface area contributed by atoms with Crippen molar-refractivity contribution in [1.82, 2.24) is 15.3 Å². The van der Waals surface area contributed by atoms with Gasteiger partial charge in [0.15, 0.2) is 17.3 Å². The highest BCUT2D eigenvalue weighted by atomic mass is 16.7. The summed E-state index contributed by atoms with van der Waals surface area (Å²) in [5.74, 6) is 1.06. The van der Waals surface area contributed by atoms with Gasteiger partial charge >= 0.3 is 12.2 Å². The predicted octanol–water partition coefficient (Wildman–Crippen LogP) is 9.83. The number of anilines is 2. The van der Waals surface area contributed by atoms with Crippen molar-refractivity contribution in [1.29, 1.82) is 0 Å². The first kappa shape index (κ1) is 48.2. The predicted molar refractivity (Wildman–Crippen MR) is 240 cm³/mol. The number of hydrogen-bond donors (Lipinski definition) is 2. The maximum Gasteiger partial charge on any atom is 0.513 e. The summed E-state index contributed by atoms with van der Waals surface area (Å²) in [5.41, 5.74) is 3.99. The molecule has 0 radical (unpaired) electrons. The van der Waals surface area contributed by atoms with Crippen molar-refractivity contribution in [2.75, 3.05) is 49.2 Å². The second-order valence-corrected chi connectivity index (χ2v) is 15.2. The van der Waals surface area contributed by atoms with Crippen molar-refractivity contribution in [3.05, 3.63) is 101 Å². The molecule has 0 aliphatic carbocycles. The van der Waals surface area contributed by atoms with Crippen molar-refractivity contribution >= 4 is 51.9 Å². The summed E-state index contributed by atoms with van der Waals surface area (Å²) in [4.78, 5) is 45.0. The first-order valence-electron chi connectivity index (χ1n) is 21.1. The van der Waals surface area contributed by atoms with Gasteiger partial charge < -0.3 is 43.6 Å². The number of unbranched alkanes of at least 4 members (excludes halogenated alkanes) is 1. The summed E-state index contributed by atoms with van der Waals surface area (Å²) in [6.07, 6.45) is 4.56. The standard InChI is InChI=1S/C25H24N4O7.C14H20N2O.C5H10O2.C2H6/c30-25(35-18-11-9-17(10-12-18)29(31)32)34-16-6-5-15-33-24-26-21-19-7-1-2-8-20(19)36-22(21)23(27-24)28-13-3-4-14-28;1-11-5-3-4-6-14(11)16(12(2)17)13-7-9-15-10-8-13;1-5(2,3)7-4-6;1-2/h1-2,7-12H,3-6,13-16H2;3-6,13,15,17H,2,7-10H2,1H3;4H,1-3H3;1-2H3. The third kappa shape index (κ3) is 14.4. The monoisotopic (exact) mass is 856 g/mol. The Balaban J connectivity index is 0.000000268. The number of carbonyl (C=O) groups is 2. The van der Waals surface area contributed by atoms with Crippen LogP contribution in [0.5, 0.6) is 11.8 Å². The number of aliphatic hydroxyl groups is 1. The number of aromatic nitrogens is 2. The van der Waals surface area contributed by atoms with Crippen LogP contribution in [-0.2, 0) is 14.3 Å². The van der Waals surface area contributed by atoms with Crippen LogP contribution in [0.2, 0.25) is 0 Å². The van der Waals surface area contributed by atoms with Crippen molar-refractivity contribution in [3.63, 3.8) is 0 Å². The Bertz CT molecular complexity index is 2190. The molecule has 0 unspecified atom stereocenters. The van der Waals surface area contributed by atoms with Gasteiger partial charge in [-0.25, -0.2) is 4.79 Å². The molecule has 0 saturated carbocycles. The fraction of sp³-hybridized carbons (Fsp3) is 0.435. The van der Waals surface area contributed by atoms with E-state index in [1.165, 1.54) is 29.8 Å². The van der Waals surface area contributed by atoms with Gasteiger partial charge in [-0.05, 0) is 122 Å². The van der Waals surface area contributed by atoms with Crippen LogP contribution in [-0.4, -0.2) is 83.7 Å². The second-order valence-electron chi connectivity index (χ2n) is 15.2. The Morgan fingerprint density at radius 2 is 1.65 bits per heavy atom. The van der Waals surface area contributed by atoms with Crippen LogP contribution in [0.25, 0.3) is 22.1 Å². The van der Waals surface area contributed by atoms with Crippen molar-refractivity contribution < 1.29 is 43.0 Å². The van der Waals surface area contributed by atoms with E-state index in [1.807, 2.05) is 82.0 Å². The van der Waals surface area contributed by atoms with Crippen LogP contribution < -0.4 is 24.6 Å². The minimum atomic E-state index is -0.874. The molecule has 2 aromatic heterocycles. The highest BCUT2D eigenvalue weighted by molar-refractivity contribution is 6.05. The van der Waals surface area contributed by atoms with E-state index in [2.05, 4.69) is 44.5 Å². The number of hydrogen-bond acceptors (Lipinski definition) is 15. The molecule has 0 atom stereocenters. The SMILES string of the molecule is C=C(O)N(c1ccccc1C)C1CCNCC1.CC.CC(C)(C)OC=O.O=C(OCCCCOc1nc(N2CCCC2)c2oc3ccccc3c2n1)Oc1ccc([N+](=O)[O-])cc1. The van der Waals surface area contributed by atoms with E-state index >= 15 is 0 Å². The van der Waals surface area contributed by atoms with E-state index in [4.69, 9.17) is 18.6 Å². The fourth-order valence-corrected chi connectivity index (χ4v) is 6.64. The lowest BCUT2D eigenvalue weighted by molar-refractivity contribution is -0.384. The number of piperidine rings is 1. The number of para-hydroxylation sites is 2. The van der Waals surface area contributed by atoms with Gasteiger partial charge in [0.25, 0.3) is 12.2 Å². The summed E-state index contributed by atoms with van der Waals surface area (Å²) in [5, 5.41) is 24.8. The number of furan rings is 1. The number of ether oxygens (including phenoxy) is 4. The molecule has 16 heteroatoms. The first-order valence-corrected chi connectivity index (χ1v) is 21.1. The molecule has 334 valence electrons. The van der Waals surface area contributed by atoms with E-state index in [0.29, 0.717) is 37.5 Å². The maximum atomic E-state index is 11.8. The van der Waals surface area contributed by atoms with Gasteiger partial charge in [0.1, 0.15) is 22.5 Å². The van der Waals surface area contributed by atoms with Crippen LogP contribution in [0, 0.1) is 17.0 Å². The van der Waals surface area contributed by atoms with Gasteiger partial charge in [0.2, 0.25) is 0 Å². The molecule has 0 spiro atoms. The van der Waals surface area contributed by atoms with Crippen LogP contribution in [0.1, 0.15) is 78.7 Å². The van der Waals surface area contributed by atoms with Crippen molar-refractivity contribution in [2.45, 2.75) is 91.7 Å². The molecule has 2 N–H and O–H groups in total. The number of non-ortho nitro benzene ring substituents is 1. The summed E-state index contributed by atoms with van der Waals surface area (Å²) < 4.78 is 26.5. The zero-order valence-corrected chi connectivity index (χ0v) is 36.6. The molecule has 2 fully saturated rings. The number of carbonyl (C=O) groups excluding carboxylic acids is 2. The van der Waals surface area contributed by atoms with Crippen LogP contribution in [0.4, 0.5) is 22.0 Å². The number of aliphatic hydroxyl groups excluding tert-OH is 1. The van der Waals surface area contributed by atoms with Gasteiger partial charge in [0.05, 0.1) is 18.1 Å². The summed E-state index contributed by atoms with van der Waals surface area (Å²) in [6, 6.07) is 21.7. The Hall–Kier alpha value is -6.42. The van der Waals surface area contributed by atoms with Crippen LogP contribution >= 0.6 is 0 Å². The second kappa shape index (κ2) is 24.1. The molecule has 5 aromatic rings. The fourth-order valence-electron chi connectivity index (χ4n) is 6.64. The lowest BCUT2D eigenvalue weighted by atomic mass is 10.0. The van der Waals surface area contributed by atoms with Crippen molar-refractivity contribution in [3.8, 4) is 11.8 Å². The van der Waals surface area contributed by atoms with E-state index < -0.39 is 11.1 Å². The zero-order valence-electron chi connectivity index (χ0n) is 36.6. The van der Waals surface area contributed by atoms with Gasteiger partial charge in [-0.15, -0.1) is 0 Å². The minimum absolute atomic E-state index is 0.0904. The molecular formula is C46H60N6O10. The Labute approximate surface area is 363 Å². The third-order valence-electron chi connectivity index (χ3n) is 9.55. The number of nitrogens with zero attached hydrogens (tertiary/aromatic N) is 5. The molecule has 2 aliphatic heterocycles. The Kier molecular flexibility index (Phi) is 18.8. The first-order chi connectivity index (χ1) is 29.8. The molecular weight excluding hydrogens is 797 g/mol. The van der Waals surface area contributed by atoms with E-state index in [9.17, 15) is 24.8 Å². The lowest BCUT2D eigenvalue weighted by Crippen LogP contribution is -2.42. The van der Waals surface area contributed by atoms with E-state index in [-0.39, 0.29) is 35.5 Å². The molecule has 62 heavy (non-hydrogen) atoms. The molecule has 0 bridgehead atoms. The van der Waals surface area contributed by atoms with Gasteiger partial charge in [0, 0.05) is 42.3 Å². The smallest absolute Gasteiger partial charge is 0.495 e. The number of rotatable bonds is 13. The van der Waals surface area contributed by atoms with Gasteiger partial charge in [-0.3, -0.25) is 14.9 Å². The molecule has 4 heterocycles. The molecule has 2 saturated heterocycles. The Morgan fingerprint density at radius 1 is 1.00 bits per heavy atom. The lowest BCUT2D eigenvalue weighted by Gasteiger charge is -2.35. The summed E-state index contributed by atoms with van der Waals surface area (Å²) in [7, 11) is 0. The number of fused-ring (bicyclic) bond motifs is 3. The van der Waals surface area contributed by atoms with Crippen LogP contribution in [0.3, 0.4) is 0 Å². The van der Waals surface area contributed by atoms with Crippen LogP contribution in [0.15, 0.2) is 89.7 Å². The highest BCUT2D eigenvalue weighted by Gasteiger charge is 2.25. The normalized spacial score (nSPS) is 13.6. The summed E-state index contributed by atoms with van der Waals surface area (Å²) >= 11 is 0. The average Bonchev–Trinajstić information content (AvgIpc) is 3.93. The molecule has 16 nitrogen and oxygen atoms in total. The van der Waals surface area contributed by atoms with E-state index in [1.54, 1.807) is 0 Å².